The van der Waals surface area contributed by atoms with E-state index in [1.165, 1.54) is 0 Å². The number of aliphatic hydroxyl groups is 6. The highest BCUT2D eigenvalue weighted by atomic mass is 32.2. The van der Waals surface area contributed by atoms with Crippen LogP contribution in [-0.2, 0) is 25.5 Å². The molecule has 2 fully saturated rings. The maximum atomic E-state index is 11.0. The molecule has 12 nitrogen and oxygen atoms in total. The van der Waals surface area contributed by atoms with Crippen LogP contribution in [0.5, 0.6) is 0 Å². The van der Waals surface area contributed by atoms with Crippen molar-refractivity contribution in [3.8, 4) is 0 Å². The van der Waals surface area contributed by atoms with Gasteiger partial charge in [0.1, 0.15) is 24.4 Å². The van der Waals surface area contributed by atoms with E-state index in [9.17, 15) is 29.7 Å². The van der Waals surface area contributed by atoms with E-state index < -0.39 is 79.7 Å². The lowest BCUT2D eigenvalue weighted by atomic mass is 9.97. The van der Waals surface area contributed by atoms with Crippen molar-refractivity contribution in [1.29, 1.82) is 0 Å². The van der Waals surface area contributed by atoms with Crippen LogP contribution < -0.4 is 4.72 Å². The normalized spacial score (nSPS) is 46.8. The predicted molar refractivity (Wildman–Crippen MR) is 78.7 cm³/mol. The van der Waals surface area contributed by atoms with E-state index in [0.29, 0.717) is 0 Å². The monoisotopic (exact) mass is 389 g/mol. The first kappa shape index (κ1) is 21.0. The molecule has 3 unspecified atom stereocenters. The third-order valence-corrected chi connectivity index (χ3v) is 4.47. The summed E-state index contributed by atoms with van der Waals surface area (Å²) in [5.41, 5.74) is 0. The molecule has 2 saturated heterocycles. The molecule has 25 heavy (non-hydrogen) atoms. The Kier molecular flexibility index (Phi) is 7.23. The zero-order valence-corrected chi connectivity index (χ0v) is 13.9. The summed E-state index contributed by atoms with van der Waals surface area (Å²) in [5.74, 6) is -2.42. The van der Waals surface area contributed by atoms with Crippen molar-refractivity contribution >= 4 is 11.3 Å². The molecular formula is C12H23NO11S. The molecule has 0 aliphatic carbocycles. The highest BCUT2D eigenvalue weighted by Gasteiger charge is 2.50. The lowest BCUT2D eigenvalue weighted by molar-refractivity contribution is -0.449. The average molecular weight is 389 g/mol. The molecular weight excluding hydrogens is 366 g/mol. The summed E-state index contributed by atoms with van der Waals surface area (Å²) in [4.78, 5) is 0. The third kappa shape index (κ3) is 5.12. The van der Waals surface area contributed by atoms with Crippen LogP contribution in [0.1, 0.15) is 12.8 Å². The molecule has 2 rings (SSSR count). The maximum absolute atomic E-state index is 11.0. The van der Waals surface area contributed by atoms with Gasteiger partial charge in [-0.1, -0.05) is 0 Å². The number of hydrogen-bond acceptors (Lipinski definition) is 10. The highest BCUT2D eigenvalue weighted by Crippen LogP contribution is 2.32. The Labute approximate surface area is 145 Å². The standard InChI is InChI=1S/C12H23NO11S/c14-3-6-1-5(16)2-12(19,23-6)24-11-8(13-25(20)21)10(18)9(17)7(4-15)22-11/h5-11,13-19H,1-4H2,(H,20,21)/t5-,6-,7+,8+,9+,10+,11?,12?/m0/s1. The summed E-state index contributed by atoms with van der Waals surface area (Å²) in [5, 5.41) is 58.5. The first-order valence-electron chi connectivity index (χ1n) is 7.55. The van der Waals surface area contributed by atoms with Gasteiger partial charge in [0, 0.05) is 6.42 Å². The van der Waals surface area contributed by atoms with Gasteiger partial charge in [0.15, 0.2) is 6.29 Å². The van der Waals surface area contributed by atoms with Crippen LogP contribution in [0.25, 0.3) is 0 Å². The van der Waals surface area contributed by atoms with Gasteiger partial charge < -0.3 is 40.1 Å². The van der Waals surface area contributed by atoms with Crippen LogP contribution in [0.3, 0.4) is 0 Å². The van der Waals surface area contributed by atoms with Crippen LogP contribution in [0.4, 0.5) is 0 Å². The average Bonchev–Trinajstić information content (AvgIpc) is 2.52. The largest absolute Gasteiger partial charge is 0.394 e. The Morgan fingerprint density at radius 3 is 2.44 bits per heavy atom. The molecule has 2 aliphatic heterocycles. The van der Waals surface area contributed by atoms with E-state index in [0.717, 1.165) is 0 Å². The molecule has 2 aliphatic rings. The molecule has 0 spiro atoms. The van der Waals surface area contributed by atoms with Crippen molar-refractivity contribution in [3.63, 3.8) is 0 Å². The molecule has 0 aromatic rings. The van der Waals surface area contributed by atoms with Crippen molar-refractivity contribution in [2.24, 2.45) is 0 Å². The highest BCUT2D eigenvalue weighted by molar-refractivity contribution is 7.77. The molecule has 0 aromatic heterocycles. The first-order chi connectivity index (χ1) is 11.7. The summed E-state index contributed by atoms with van der Waals surface area (Å²) in [6.07, 6.45) is -8.56. The van der Waals surface area contributed by atoms with E-state index >= 15 is 0 Å². The van der Waals surface area contributed by atoms with Gasteiger partial charge in [0.2, 0.25) is 11.3 Å². The van der Waals surface area contributed by atoms with Crippen molar-refractivity contribution in [1.82, 2.24) is 4.72 Å². The van der Waals surface area contributed by atoms with Gasteiger partial charge in [0.05, 0.1) is 31.8 Å². The third-order valence-electron chi connectivity index (χ3n) is 4.00. The molecule has 0 amide bonds. The predicted octanol–water partition coefficient (Wildman–Crippen LogP) is -4.28. The number of nitrogens with one attached hydrogen (secondary N) is 1. The van der Waals surface area contributed by atoms with E-state index in [2.05, 4.69) is 0 Å². The van der Waals surface area contributed by atoms with Gasteiger partial charge in [-0.2, -0.15) is 0 Å². The molecule has 13 heteroatoms. The minimum atomic E-state index is -2.62. The fourth-order valence-electron chi connectivity index (χ4n) is 2.83. The summed E-state index contributed by atoms with van der Waals surface area (Å²) in [7, 11) is 0. The van der Waals surface area contributed by atoms with Crippen LogP contribution >= 0.6 is 0 Å². The molecule has 0 bridgehead atoms. The Morgan fingerprint density at radius 1 is 1.20 bits per heavy atom. The van der Waals surface area contributed by atoms with E-state index in [4.69, 9.17) is 23.9 Å². The fraction of sp³-hybridized carbons (Fsp3) is 1.00. The second-order valence-corrected chi connectivity index (χ2v) is 6.68. The molecule has 0 radical (unpaired) electrons. The number of hydrogen-bond donors (Lipinski definition) is 8. The quantitative estimate of drug-likeness (QED) is 0.161. The maximum Gasteiger partial charge on any atom is 0.285 e. The van der Waals surface area contributed by atoms with Crippen molar-refractivity contribution in [2.75, 3.05) is 13.2 Å². The van der Waals surface area contributed by atoms with Gasteiger partial charge in [-0.15, -0.1) is 0 Å². The SMILES string of the molecule is O=S(O)N[C@H]1C(OC2(O)C[C@@H](O)C[C@@H](CO)O2)O[C@H](CO)[C@@H](O)[C@@H]1O. The van der Waals surface area contributed by atoms with Crippen LogP contribution in [0.2, 0.25) is 0 Å². The second-order valence-electron chi connectivity index (χ2n) is 5.95. The first-order valence-corrected chi connectivity index (χ1v) is 8.66. The molecule has 0 aromatic carbocycles. The van der Waals surface area contributed by atoms with Crippen molar-refractivity contribution < 1.29 is 53.6 Å². The Morgan fingerprint density at radius 2 is 1.88 bits per heavy atom. The topological polar surface area (TPSA) is 198 Å². The van der Waals surface area contributed by atoms with E-state index in [-0.39, 0.29) is 6.42 Å². The molecule has 9 atom stereocenters. The number of ether oxygens (including phenoxy) is 3. The summed E-state index contributed by atoms with van der Waals surface area (Å²) >= 11 is -2.62. The van der Waals surface area contributed by atoms with Gasteiger partial charge >= 0.3 is 0 Å². The molecule has 148 valence electrons. The summed E-state index contributed by atoms with van der Waals surface area (Å²) in [6, 6.07) is -1.47. The Hall–Kier alpha value is -0.290. The zero-order chi connectivity index (χ0) is 18.8. The van der Waals surface area contributed by atoms with Crippen LogP contribution in [0.15, 0.2) is 0 Å². The van der Waals surface area contributed by atoms with Gasteiger partial charge in [0.25, 0.3) is 5.97 Å². The minimum absolute atomic E-state index is 0.0522. The van der Waals surface area contributed by atoms with Gasteiger partial charge in [-0.3, -0.25) is 9.29 Å². The zero-order valence-electron chi connectivity index (χ0n) is 13.0. The molecule has 2 heterocycles. The van der Waals surface area contributed by atoms with Crippen molar-refractivity contribution in [2.45, 2.75) is 61.7 Å². The minimum Gasteiger partial charge on any atom is -0.394 e. The van der Waals surface area contributed by atoms with Gasteiger partial charge in [-0.05, 0) is 0 Å². The number of aliphatic hydroxyl groups excluding tert-OH is 5. The van der Waals surface area contributed by atoms with E-state index in [1.54, 1.807) is 0 Å². The number of rotatable bonds is 6. The smallest absolute Gasteiger partial charge is 0.285 e. The van der Waals surface area contributed by atoms with Crippen LogP contribution in [-0.4, -0.2) is 101 Å². The molecule has 8 N–H and O–H groups in total. The Balaban J connectivity index is 2.18. The van der Waals surface area contributed by atoms with E-state index in [1.807, 2.05) is 4.72 Å². The fourth-order valence-corrected chi connectivity index (χ4v) is 3.32. The Bertz CT molecular complexity index is 470. The van der Waals surface area contributed by atoms with Crippen molar-refractivity contribution in [3.05, 3.63) is 0 Å². The lowest BCUT2D eigenvalue weighted by Gasteiger charge is -2.46. The summed E-state index contributed by atoms with van der Waals surface area (Å²) in [6.45, 7) is -1.20. The van der Waals surface area contributed by atoms with Crippen LogP contribution in [0, 0.1) is 0 Å². The molecule has 0 saturated carbocycles. The lowest BCUT2D eigenvalue weighted by Crippen LogP contribution is -2.66. The second kappa shape index (κ2) is 8.60. The summed E-state index contributed by atoms with van der Waals surface area (Å²) < 4.78 is 37.6. The van der Waals surface area contributed by atoms with Gasteiger partial charge in [-0.25, -0.2) is 8.93 Å².